The summed E-state index contributed by atoms with van der Waals surface area (Å²) in [5.41, 5.74) is 5.07. The van der Waals surface area contributed by atoms with Crippen LogP contribution in [-0.4, -0.2) is 58.1 Å². The molecule has 35 heavy (non-hydrogen) atoms. The Morgan fingerprint density at radius 1 is 0.943 bits per heavy atom. The van der Waals surface area contributed by atoms with Gasteiger partial charge in [-0.05, 0) is 48.3 Å². The van der Waals surface area contributed by atoms with Gasteiger partial charge in [-0.1, -0.05) is 18.7 Å². The van der Waals surface area contributed by atoms with E-state index >= 15 is 0 Å². The Labute approximate surface area is 204 Å². The van der Waals surface area contributed by atoms with Crippen molar-refractivity contribution < 1.29 is 0 Å². The number of anilines is 2. The van der Waals surface area contributed by atoms with Gasteiger partial charge in [0, 0.05) is 78.6 Å². The molecule has 0 atom stereocenters. The smallest absolute Gasteiger partial charge is 0.130 e. The molecule has 0 amide bonds. The summed E-state index contributed by atoms with van der Waals surface area (Å²) in [5, 5.41) is 6.74. The molecule has 4 aromatic heterocycles. The van der Waals surface area contributed by atoms with Crippen LogP contribution in [0.2, 0.25) is 0 Å². The standard InChI is InChI=1S/C28H27N7/c1-19(20-5-7-31-28(15-20)35-11-9-34(2)10-12-35)33-27-14-23-13-21(3-4-22(23)16-32-27)25-17-29-18-26-24(25)6-8-30-26/h3-8,13-18,30H,1,9-12H2,2H3,(H,32,33). The first kappa shape index (κ1) is 21.3. The molecule has 1 aliphatic rings. The molecule has 6 rings (SSSR count). The van der Waals surface area contributed by atoms with E-state index in [1.54, 1.807) is 0 Å². The monoisotopic (exact) mass is 461 g/mol. The molecule has 0 saturated carbocycles. The van der Waals surface area contributed by atoms with Crippen LogP contribution >= 0.6 is 0 Å². The summed E-state index contributed by atoms with van der Waals surface area (Å²) in [4.78, 5) is 21.5. The van der Waals surface area contributed by atoms with Crippen LogP contribution in [0.3, 0.4) is 0 Å². The molecule has 7 nitrogen and oxygen atoms in total. The number of pyridine rings is 3. The number of hydrogen-bond donors (Lipinski definition) is 2. The van der Waals surface area contributed by atoms with Gasteiger partial charge in [-0.2, -0.15) is 0 Å². The zero-order valence-electron chi connectivity index (χ0n) is 19.7. The van der Waals surface area contributed by atoms with Crippen LogP contribution in [0.5, 0.6) is 0 Å². The van der Waals surface area contributed by atoms with Gasteiger partial charge in [0.25, 0.3) is 0 Å². The van der Waals surface area contributed by atoms with E-state index in [2.05, 4.69) is 85.1 Å². The molecule has 2 N–H and O–H groups in total. The van der Waals surface area contributed by atoms with E-state index in [-0.39, 0.29) is 0 Å². The van der Waals surface area contributed by atoms with E-state index in [9.17, 15) is 0 Å². The summed E-state index contributed by atoms with van der Waals surface area (Å²) in [6.45, 7) is 8.32. The molecule has 1 aliphatic heterocycles. The number of rotatable bonds is 5. The molecule has 1 fully saturated rings. The van der Waals surface area contributed by atoms with Crippen molar-refractivity contribution in [2.24, 2.45) is 0 Å². The number of fused-ring (bicyclic) bond motifs is 2. The lowest BCUT2D eigenvalue weighted by molar-refractivity contribution is 0.312. The molecule has 5 aromatic rings. The van der Waals surface area contributed by atoms with Crippen LogP contribution in [0.15, 0.2) is 80.0 Å². The van der Waals surface area contributed by atoms with Crippen molar-refractivity contribution in [3.63, 3.8) is 0 Å². The number of nitrogens with zero attached hydrogens (tertiary/aromatic N) is 5. The predicted molar refractivity (Wildman–Crippen MR) is 143 cm³/mol. The first-order valence-electron chi connectivity index (χ1n) is 11.8. The molecule has 7 heteroatoms. The summed E-state index contributed by atoms with van der Waals surface area (Å²) < 4.78 is 0. The van der Waals surface area contributed by atoms with Crippen LogP contribution in [0.1, 0.15) is 5.56 Å². The van der Waals surface area contributed by atoms with Crippen LogP contribution < -0.4 is 10.2 Å². The van der Waals surface area contributed by atoms with Gasteiger partial charge in [0.15, 0.2) is 0 Å². The van der Waals surface area contributed by atoms with Crippen LogP contribution in [0.25, 0.3) is 38.5 Å². The summed E-state index contributed by atoms with van der Waals surface area (Å²) in [6, 6.07) is 14.7. The Morgan fingerprint density at radius 3 is 2.71 bits per heavy atom. The lowest BCUT2D eigenvalue weighted by atomic mass is 10.0. The summed E-state index contributed by atoms with van der Waals surface area (Å²) in [6.07, 6.45) is 9.47. The number of nitrogens with one attached hydrogen (secondary N) is 2. The van der Waals surface area contributed by atoms with Crippen molar-refractivity contribution in [2.45, 2.75) is 0 Å². The zero-order valence-corrected chi connectivity index (χ0v) is 19.7. The Bertz CT molecular complexity index is 1530. The Kier molecular flexibility index (Phi) is 5.39. The lowest BCUT2D eigenvalue weighted by Crippen LogP contribution is -2.44. The molecule has 0 spiro atoms. The molecule has 1 aromatic carbocycles. The van der Waals surface area contributed by atoms with Crippen molar-refractivity contribution in [1.29, 1.82) is 0 Å². The molecule has 0 unspecified atom stereocenters. The van der Waals surface area contributed by atoms with Gasteiger partial charge in [0.05, 0.1) is 11.7 Å². The quantitative estimate of drug-likeness (QED) is 0.383. The fourth-order valence-corrected chi connectivity index (χ4v) is 4.63. The number of H-pyrrole nitrogens is 1. The second-order valence-corrected chi connectivity index (χ2v) is 9.05. The third-order valence-electron chi connectivity index (χ3n) is 6.71. The Morgan fingerprint density at radius 2 is 1.83 bits per heavy atom. The molecule has 1 saturated heterocycles. The zero-order chi connectivity index (χ0) is 23.8. The molecule has 174 valence electrons. The maximum Gasteiger partial charge on any atom is 0.130 e. The third-order valence-corrected chi connectivity index (χ3v) is 6.71. The van der Waals surface area contributed by atoms with Gasteiger partial charge in [0.1, 0.15) is 11.6 Å². The Balaban J connectivity index is 1.26. The number of likely N-dealkylation sites (N-methyl/N-ethyl adjacent to an activating group) is 1. The second kappa shape index (κ2) is 8.85. The van der Waals surface area contributed by atoms with E-state index in [1.165, 1.54) is 0 Å². The van der Waals surface area contributed by atoms with E-state index < -0.39 is 0 Å². The van der Waals surface area contributed by atoms with Crippen molar-refractivity contribution in [2.75, 3.05) is 43.4 Å². The summed E-state index contributed by atoms with van der Waals surface area (Å²) in [7, 11) is 2.16. The lowest BCUT2D eigenvalue weighted by Gasteiger charge is -2.33. The van der Waals surface area contributed by atoms with Gasteiger partial charge >= 0.3 is 0 Å². The first-order valence-corrected chi connectivity index (χ1v) is 11.8. The fourth-order valence-electron chi connectivity index (χ4n) is 4.63. The highest BCUT2D eigenvalue weighted by atomic mass is 15.3. The van der Waals surface area contributed by atoms with Gasteiger partial charge in [-0.25, -0.2) is 9.97 Å². The van der Waals surface area contributed by atoms with Crippen molar-refractivity contribution in [3.8, 4) is 11.1 Å². The number of benzene rings is 1. The van der Waals surface area contributed by atoms with Gasteiger partial charge < -0.3 is 20.1 Å². The largest absolute Gasteiger partial charge is 0.360 e. The summed E-state index contributed by atoms with van der Waals surface area (Å²) in [5.74, 6) is 1.75. The molecule has 0 radical (unpaired) electrons. The molecular formula is C28H27N7. The topological polar surface area (TPSA) is 73.0 Å². The van der Waals surface area contributed by atoms with Gasteiger partial charge in [-0.15, -0.1) is 0 Å². The third kappa shape index (κ3) is 4.22. The average molecular weight is 462 g/mol. The molecule has 5 heterocycles. The van der Waals surface area contributed by atoms with Crippen LogP contribution in [-0.2, 0) is 0 Å². The van der Waals surface area contributed by atoms with E-state index in [0.717, 1.165) is 81.9 Å². The number of hydrogen-bond acceptors (Lipinski definition) is 6. The Hall–Kier alpha value is -4.23. The minimum atomic E-state index is 0.760. The van der Waals surface area contributed by atoms with Crippen LogP contribution in [0, 0.1) is 0 Å². The van der Waals surface area contributed by atoms with Crippen molar-refractivity contribution in [3.05, 3.63) is 85.6 Å². The van der Waals surface area contributed by atoms with E-state index in [1.807, 2.05) is 37.1 Å². The highest BCUT2D eigenvalue weighted by Crippen LogP contribution is 2.30. The van der Waals surface area contributed by atoms with Gasteiger partial charge in [-0.3, -0.25) is 4.98 Å². The highest BCUT2D eigenvalue weighted by molar-refractivity contribution is 5.97. The number of aromatic amines is 1. The van der Waals surface area contributed by atoms with Crippen molar-refractivity contribution >= 4 is 39.0 Å². The van der Waals surface area contributed by atoms with Crippen molar-refractivity contribution in [1.82, 2.24) is 24.8 Å². The minimum absolute atomic E-state index is 0.760. The van der Waals surface area contributed by atoms with E-state index in [4.69, 9.17) is 0 Å². The van der Waals surface area contributed by atoms with E-state index in [0.29, 0.717) is 0 Å². The van der Waals surface area contributed by atoms with Gasteiger partial charge in [0.2, 0.25) is 0 Å². The molecular weight excluding hydrogens is 434 g/mol. The normalized spacial score (nSPS) is 14.5. The highest BCUT2D eigenvalue weighted by Gasteiger charge is 2.16. The molecule has 0 bridgehead atoms. The predicted octanol–water partition coefficient (Wildman–Crippen LogP) is 5.01. The maximum atomic E-state index is 4.62. The fraction of sp³-hybridized carbons (Fsp3) is 0.179. The minimum Gasteiger partial charge on any atom is -0.360 e. The average Bonchev–Trinajstić information content (AvgIpc) is 3.38. The summed E-state index contributed by atoms with van der Waals surface area (Å²) >= 11 is 0. The van der Waals surface area contributed by atoms with Crippen LogP contribution in [0.4, 0.5) is 11.6 Å². The number of piperazine rings is 1. The SMILES string of the molecule is C=C(Nc1cc2cc(-c3cncc4[nH]ccc34)ccc2cn1)c1ccnc(N2CCN(C)CC2)c1. The number of aromatic nitrogens is 4. The molecule has 0 aliphatic carbocycles. The maximum absolute atomic E-state index is 4.62. The first-order chi connectivity index (χ1) is 17.1. The second-order valence-electron chi connectivity index (χ2n) is 9.05.